The SMILES string of the molecule is COCCC(N)C(=O)N1CCC(C(=O)O)C1C. The molecule has 0 spiro atoms. The number of likely N-dealkylation sites (tertiary alicyclic amines) is 1. The van der Waals surface area contributed by atoms with Crippen LogP contribution < -0.4 is 5.73 Å². The van der Waals surface area contributed by atoms with E-state index in [4.69, 9.17) is 15.6 Å². The summed E-state index contributed by atoms with van der Waals surface area (Å²) in [5.41, 5.74) is 5.75. The number of carboxylic acids is 1. The van der Waals surface area contributed by atoms with Gasteiger partial charge in [-0.05, 0) is 19.8 Å². The topological polar surface area (TPSA) is 92.9 Å². The third-order valence-corrected chi connectivity index (χ3v) is 3.31. The lowest BCUT2D eigenvalue weighted by Gasteiger charge is -2.26. The van der Waals surface area contributed by atoms with E-state index in [1.807, 2.05) is 0 Å². The zero-order valence-corrected chi connectivity index (χ0v) is 10.3. The molecule has 0 saturated carbocycles. The second kappa shape index (κ2) is 5.97. The highest BCUT2D eigenvalue weighted by molar-refractivity contribution is 5.83. The molecule has 0 aromatic heterocycles. The van der Waals surface area contributed by atoms with E-state index in [0.29, 0.717) is 26.0 Å². The maximum Gasteiger partial charge on any atom is 0.308 e. The van der Waals surface area contributed by atoms with Gasteiger partial charge in [0.05, 0.1) is 12.0 Å². The first kappa shape index (κ1) is 13.9. The predicted molar refractivity (Wildman–Crippen MR) is 61.4 cm³/mol. The van der Waals surface area contributed by atoms with Crippen molar-refractivity contribution in [2.24, 2.45) is 11.7 Å². The molecule has 1 heterocycles. The number of carbonyl (C=O) groups excluding carboxylic acids is 1. The summed E-state index contributed by atoms with van der Waals surface area (Å²) < 4.78 is 4.87. The molecule has 0 aromatic rings. The van der Waals surface area contributed by atoms with Crippen LogP contribution in [0.15, 0.2) is 0 Å². The van der Waals surface area contributed by atoms with Crippen molar-refractivity contribution in [3.8, 4) is 0 Å². The van der Waals surface area contributed by atoms with Gasteiger partial charge in [0.2, 0.25) is 5.91 Å². The van der Waals surface area contributed by atoms with Crippen LogP contribution in [0.4, 0.5) is 0 Å². The molecule has 17 heavy (non-hydrogen) atoms. The zero-order chi connectivity index (χ0) is 13.0. The standard InChI is InChI=1S/C11H20N2O4/c1-7-8(11(15)16)3-5-13(7)10(14)9(12)4-6-17-2/h7-9H,3-6,12H2,1-2H3,(H,15,16). The van der Waals surface area contributed by atoms with Crippen molar-refractivity contribution in [3.63, 3.8) is 0 Å². The van der Waals surface area contributed by atoms with Gasteiger partial charge in [-0.15, -0.1) is 0 Å². The smallest absolute Gasteiger partial charge is 0.308 e. The minimum Gasteiger partial charge on any atom is -0.481 e. The van der Waals surface area contributed by atoms with Crippen LogP contribution >= 0.6 is 0 Å². The van der Waals surface area contributed by atoms with Gasteiger partial charge in [-0.25, -0.2) is 0 Å². The van der Waals surface area contributed by atoms with Crippen LogP contribution in [0.3, 0.4) is 0 Å². The maximum absolute atomic E-state index is 12.0. The number of aliphatic carboxylic acids is 1. The van der Waals surface area contributed by atoms with Gasteiger partial charge in [-0.2, -0.15) is 0 Å². The molecule has 1 aliphatic rings. The highest BCUT2D eigenvalue weighted by Crippen LogP contribution is 2.24. The van der Waals surface area contributed by atoms with Crippen LogP contribution in [0.2, 0.25) is 0 Å². The number of rotatable bonds is 5. The monoisotopic (exact) mass is 244 g/mol. The summed E-state index contributed by atoms with van der Waals surface area (Å²) in [5, 5.41) is 8.97. The van der Waals surface area contributed by atoms with Crippen molar-refractivity contribution in [2.75, 3.05) is 20.3 Å². The molecule has 1 rings (SSSR count). The van der Waals surface area contributed by atoms with E-state index in [0.717, 1.165) is 0 Å². The Balaban J connectivity index is 2.56. The van der Waals surface area contributed by atoms with Gasteiger partial charge in [-0.1, -0.05) is 0 Å². The van der Waals surface area contributed by atoms with E-state index < -0.39 is 17.9 Å². The molecule has 1 fully saturated rings. The van der Waals surface area contributed by atoms with Crippen molar-refractivity contribution in [1.29, 1.82) is 0 Å². The molecule has 3 unspecified atom stereocenters. The molecule has 1 aliphatic heterocycles. The summed E-state index contributed by atoms with van der Waals surface area (Å²) in [6.45, 7) is 2.65. The summed E-state index contributed by atoms with van der Waals surface area (Å²) in [4.78, 5) is 24.5. The second-order valence-corrected chi connectivity index (χ2v) is 4.39. The Hall–Kier alpha value is -1.14. The van der Waals surface area contributed by atoms with Gasteiger partial charge < -0.3 is 20.5 Å². The number of methoxy groups -OCH3 is 1. The third kappa shape index (κ3) is 3.17. The van der Waals surface area contributed by atoms with Crippen LogP contribution in [-0.2, 0) is 14.3 Å². The lowest BCUT2D eigenvalue weighted by atomic mass is 10.0. The number of nitrogens with two attached hydrogens (primary N) is 1. The van der Waals surface area contributed by atoms with Gasteiger partial charge in [0.1, 0.15) is 0 Å². The molecule has 0 bridgehead atoms. The van der Waals surface area contributed by atoms with Crippen LogP contribution in [0.1, 0.15) is 19.8 Å². The number of carboxylic acid groups (broad SMARTS) is 1. The Morgan fingerprint density at radius 1 is 1.59 bits per heavy atom. The van der Waals surface area contributed by atoms with E-state index >= 15 is 0 Å². The highest BCUT2D eigenvalue weighted by Gasteiger charge is 2.39. The first-order valence-electron chi connectivity index (χ1n) is 5.76. The van der Waals surface area contributed by atoms with Crippen molar-refractivity contribution in [2.45, 2.75) is 31.8 Å². The fourth-order valence-electron chi connectivity index (χ4n) is 2.16. The molecule has 0 aliphatic carbocycles. The molecular formula is C11H20N2O4. The van der Waals surface area contributed by atoms with E-state index in [1.54, 1.807) is 18.9 Å². The molecule has 0 aromatic carbocycles. The second-order valence-electron chi connectivity index (χ2n) is 4.39. The lowest BCUT2D eigenvalue weighted by Crippen LogP contribution is -2.47. The Bertz CT molecular complexity index is 295. The molecule has 6 heteroatoms. The minimum absolute atomic E-state index is 0.182. The average Bonchev–Trinajstić information content (AvgIpc) is 2.67. The van der Waals surface area contributed by atoms with Crippen LogP contribution in [0.25, 0.3) is 0 Å². The average molecular weight is 244 g/mol. The van der Waals surface area contributed by atoms with Crippen molar-refractivity contribution in [3.05, 3.63) is 0 Å². The summed E-state index contributed by atoms with van der Waals surface area (Å²) in [6, 6.07) is -0.890. The Morgan fingerprint density at radius 2 is 2.24 bits per heavy atom. The first-order chi connectivity index (χ1) is 7.99. The normalized spacial score (nSPS) is 25.9. The highest BCUT2D eigenvalue weighted by atomic mass is 16.5. The molecule has 98 valence electrons. The molecule has 3 atom stereocenters. The molecule has 0 radical (unpaired) electrons. The fraction of sp³-hybridized carbons (Fsp3) is 0.818. The van der Waals surface area contributed by atoms with E-state index in [9.17, 15) is 9.59 Å². The Kier molecular flexibility index (Phi) is 4.89. The summed E-state index contributed by atoms with van der Waals surface area (Å²) in [7, 11) is 1.55. The van der Waals surface area contributed by atoms with Crippen molar-refractivity contribution >= 4 is 11.9 Å². The molecule has 1 amide bonds. The quantitative estimate of drug-likeness (QED) is 0.691. The van der Waals surface area contributed by atoms with E-state index in [1.165, 1.54) is 0 Å². The van der Waals surface area contributed by atoms with Crippen LogP contribution in [0.5, 0.6) is 0 Å². The van der Waals surface area contributed by atoms with Crippen molar-refractivity contribution in [1.82, 2.24) is 4.90 Å². The number of nitrogens with zero attached hydrogens (tertiary/aromatic N) is 1. The zero-order valence-electron chi connectivity index (χ0n) is 10.3. The van der Waals surface area contributed by atoms with Crippen LogP contribution in [-0.4, -0.2) is 54.2 Å². The number of carbonyl (C=O) groups is 2. The number of ether oxygens (including phenoxy) is 1. The largest absolute Gasteiger partial charge is 0.481 e. The van der Waals surface area contributed by atoms with Crippen molar-refractivity contribution < 1.29 is 19.4 Å². The fourth-order valence-corrected chi connectivity index (χ4v) is 2.16. The first-order valence-corrected chi connectivity index (χ1v) is 5.76. The molecule has 1 saturated heterocycles. The maximum atomic E-state index is 12.0. The third-order valence-electron chi connectivity index (χ3n) is 3.31. The van der Waals surface area contributed by atoms with Gasteiger partial charge >= 0.3 is 5.97 Å². The number of hydrogen-bond donors (Lipinski definition) is 2. The van der Waals surface area contributed by atoms with Gasteiger partial charge in [0.25, 0.3) is 0 Å². The Morgan fingerprint density at radius 3 is 2.71 bits per heavy atom. The Labute approximate surface area is 101 Å². The summed E-state index contributed by atoms with van der Waals surface area (Å²) >= 11 is 0. The van der Waals surface area contributed by atoms with Gasteiger partial charge in [-0.3, -0.25) is 9.59 Å². The van der Waals surface area contributed by atoms with Gasteiger partial charge in [0.15, 0.2) is 0 Å². The molecule has 6 nitrogen and oxygen atoms in total. The summed E-state index contributed by atoms with van der Waals surface area (Å²) in [6.07, 6.45) is 0.954. The van der Waals surface area contributed by atoms with Gasteiger partial charge in [0, 0.05) is 26.3 Å². The minimum atomic E-state index is -0.849. The van der Waals surface area contributed by atoms with Crippen LogP contribution in [0, 0.1) is 5.92 Å². The summed E-state index contributed by atoms with van der Waals surface area (Å²) in [5.74, 6) is -1.51. The van der Waals surface area contributed by atoms with E-state index in [2.05, 4.69) is 0 Å². The van der Waals surface area contributed by atoms with E-state index in [-0.39, 0.29) is 11.9 Å². The molecule has 3 N–H and O–H groups in total. The molecular weight excluding hydrogens is 224 g/mol. The predicted octanol–water partition coefficient (Wildman–Crippen LogP) is -0.328. The number of amides is 1. The number of hydrogen-bond acceptors (Lipinski definition) is 4. The lowest BCUT2D eigenvalue weighted by molar-refractivity contribution is -0.143.